The maximum absolute atomic E-state index is 12.7. The normalized spacial score (nSPS) is 29.1. The molecule has 1 aliphatic carbocycles. The molecular formula is C20H27NO4. The molecule has 136 valence electrons. The fourth-order valence-electron chi connectivity index (χ4n) is 4.25. The third-order valence-corrected chi connectivity index (χ3v) is 5.77. The summed E-state index contributed by atoms with van der Waals surface area (Å²) in [6, 6.07) is 10.4. The van der Waals surface area contributed by atoms with Gasteiger partial charge in [-0.25, -0.2) is 0 Å². The maximum Gasteiger partial charge on any atom is 0.313 e. The van der Waals surface area contributed by atoms with Gasteiger partial charge in [0.2, 0.25) is 5.91 Å². The molecule has 1 amide bonds. The van der Waals surface area contributed by atoms with E-state index in [1.54, 1.807) is 4.90 Å². The number of carbonyl (C=O) groups is 2. The first-order chi connectivity index (χ1) is 12.0. The Labute approximate surface area is 149 Å². The summed E-state index contributed by atoms with van der Waals surface area (Å²) in [5.74, 6) is 0.214. The lowest BCUT2D eigenvalue weighted by molar-refractivity contribution is -0.159. The smallest absolute Gasteiger partial charge is 0.313 e. The van der Waals surface area contributed by atoms with Gasteiger partial charge in [0.25, 0.3) is 0 Å². The summed E-state index contributed by atoms with van der Waals surface area (Å²) < 4.78 is 5.13. The molecule has 1 aromatic rings. The number of methoxy groups -OCH3 is 1. The van der Waals surface area contributed by atoms with Crippen molar-refractivity contribution in [1.82, 2.24) is 4.90 Å². The van der Waals surface area contributed by atoms with Crippen LogP contribution in [0.4, 0.5) is 0 Å². The molecular weight excluding hydrogens is 318 g/mol. The number of hydrogen-bond acceptors (Lipinski definition) is 3. The van der Waals surface area contributed by atoms with Crippen molar-refractivity contribution in [3.63, 3.8) is 0 Å². The summed E-state index contributed by atoms with van der Waals surface area (Å²) in [5, 5.41) is 9.60. The van der Waals surface area contributed by atoms with E-state index in [1.807, 2.05) is 6.07 Å². The molecule has 1 aromatic carbocycles. The van der Waals surface area contributed by atoms with Gasteiger partial charge >= 0.3 is 5.97 Å². The summed E-state index contributed by atoms with van der Waals surface area (Å²) >= 11 is 0. The highest BCUT2D eigenvalue weighted by atomic mass is 16.5. The maximum atomic E-state index is 12.7. The van der Waals surface area contributed by atoms with Crippen molar-refractivity contribution in [3.05, 3.63) is 35.9 Å². The fraction of sp³-hybridized carbons (Fsp3) is 0.600. The van der Waals surface area contributed by atoms with Crippen LogP contribution in [0.3, 0.4) is 0 Å². The van der Waals surface area contributed by atoms with Gasteiger partial charge in [0, 0.05) is 26.6 Å². The van der Waals surface area contributed by atoms with Gasteiger partial charge in [0.05, 0.1) is 6.61 Å². The Morgan fingerprint density at radius 1 is 1.28 bits per heavy atom. The molecule has 0 radical (unpaired) electrons. The highest BCUT2D eigenvalue weighted by Gasteiger charge is 2.44. The van der Waals surface area contributed by atoms with Gasteiger partial charge in [-0.05, 0) is 43.1 Å². The lowest BCUT2D eigenvalue weighted by atomic mass is 9.70. The molecule has 0 bridgehead atoms. The predicted octanol–water partition coefficient (Wildman–Crippen LogP) is 2.91. The molecule has 2 aliphatic rings. The average molecular weight is 345 g/mol. The van der Waals surface area contributed by atoms with E-state index in [1.165, 1.54) is 12.7 Å². The topological polar surface area (TPSA) is 66.8 Å². The minimum atomic E-state index is -0.950. The number of benzene rings is 1. The number of ether oxygens (including phenoxy) is 1. The monoisotopic (exact) mass is 345 g/mol. The molecule has 1 heterocycles. The molecule has 1 aliphatic heterocycles. The number of hydrogen-bond donors (Lipinski definition) is 1. The molecule has 0 aromatic heterocycles. The van der Waals surface area contributed by atoms with Crippen molar-refractivity contribution in [2.75, 3.05) is 26.8 Å². The number of nitrogens with zero attached hydrogens (tertiary/aromatic N) is 1. The zero-order valence-corrected chi connectivity index (χ0v) is 14.8. The van der Waals surface area contributed by atoms with Crippen LogP contribution >= 0.6 is 0 Å². The Kier molecular flexibility index (Phi) is 5.42. The van der Waals surface area contributed by atoms with E-state index in [0.717, 1.165) is 19.3 Å². The highest BCUT2D eigenvalue weighted by Crippen LogP contribution is 2.43. The van der Waals surface area contributed by atoms with E-state index in [-0.39, 0.29) is 19.1 Å². The largest absolute Gasteiger partial charge is 0.481 e. The molecule has 5 nitrogen and oxygen atoms in total. The summed E-state index contributed by atoms with van der Waals surface area (Å²) in [6.07, 6.45) is 3.92. The van der Waals surface area contributed by atoms with Gasteiger partial charge in [-0.3, -0.25) is 9.59 Å². The second-order valence-electron chi connectivity index (χ2n) is 7.59. The van der Waals surface area contributed by atoms with Crippen molar-refractivity contribution in [2.45, 2.75) is 38.0 Å². The van der Waals surface area contributed by atoms with Crippen LogP contribution in [-0.4, -0.2) is 48.7 Å². The minimum Gasteiger partial charge on any atom is -0.481 e. The van der Waals surface area contributed by atoms with Crippen molar-refractivity contribution in [1.29, 1.82) is 0 Å². The van der Waals surface area contributed by atoms with Crippen LogP contribution in [0.25, 0.3) is 0 Å². The van der Waals surface area contributed by atoms with E-state index in [0.29, 0.717) is 31.2 Å². The van der Waals surface area contributed by atoms with Gasteiger partial charge < -0.3 is 14.7 Å². The van der Waals surface area contributed by atoms with E-state index >= 15 is 0 Å². The van der Waals surface area contributed by atoms with Crippen LogP contribution in [0.2, 0.25) is 0 Å². The van der Waals surface area contributed by atoms with Crippen molar-refractivity contribution in [3.8, 4) is 0 Å². The SMILES string of the molecule is COCC1(C(=O)O)CCCN(C(=O)CC2CC(c3ccccc3)C2)C1. The number of likely N-dealkylation sites (tertiary alicyclic amines) is 1. The van der Waals surface area contributed by atoms with E-state index in [2.05, 4.69) is 24.3 Å². The Balaban J connectivity index is 1.53. The summed E-state index contributed by atoms with van der Waals surface area (Å²) in [5.41, 5.74) is 0.406. The van der Waals surface area contributed by atoms with Gasteiger partial charge in [-0.1, -0.05) is 30.3 Å². The molecule has 1 N–H and O–H groups in total. The molecule has 3 rings (SSSR count). The second kappa shape index (κ2) is 7.56. The molecule has 0 spiro atoms. The number of piperidine rings is 1. The van der Waals surface area contributed by atoms with Crippen LogP contribution in [0.15, 0.2) is 30.3 Å². The first kappa shape index (κ1) is 17.9. The number of aliphatic carboxylic acids is 1. The van der Waals surface area contributed by atoms with Crippen LogP contribution in [-0.2, 0) is 14.3 Å². The summed E-state index contributed by atoms with van der Waals surface area (Å²) in [6.45, 7) is 1.09. The Morgan fingerprint density at radius 3 is 2.64 bits per heavy atom. The third kappa shape index (κ3) is 3.87. The minimum absolute atomic E-state index is 0.0953. The molecule has 1 atom stereocenters. The Bertz CT molecular complexity index is 607. The quantitative estimate of drug-likeness (QED) is 0.861. The van der Waals surface area contributed by atoms with Gasteiger partial charge in [-0.2, -0.15) is 0 Å². The molecule has 5 heteroatoms. The summed E-state index contributed by atoms with van der Waals surface area (Å²) in [4.78, 5) is 26.1. The first-order valence-electron chi connectivity index (χ1n) is 9.09. The van der Waals surface area contributed by atoms with Crippen LogP contribution in [0.1, 0.15) is 43.6 Å². The Morgan fingerprint density at radius 2 is 2.00 bits per heavy atom. The molecule has 1 saturated carbocycles. The average Bonchev–Trinajstić information content (AvgIpc) is 2.58. The standard InChI is InChI=1S/C20H27NO4/c1-25-14-20(19(23)24)8-5-9-21(13-20)18(22)12-15-10-17(11-15)16-6-3-2-4-7-16/h2-4,6-7,15,17H,5,8-14H2,1H3,(H,23,24). The van der Waals surface area contributed by atoms with Crippen LogP contribution in [0, 0.1) is 11.3 Å². The lowest BCUT2D eigenvalue weighted by Crippen LogP contribution is -2.52. The number of carboxylic acid groups (broad SMARTS) is 1. The zero-order valence-electron chi connectivity index (χ0n) is 14.8. The van der Waals surface area contributed by atoms with Gasteiger partial charge in [0.15, 0.2) is 0 Å². The predicted molar refractivity (Wildman–Crippen MR) is 94.3 cm³/mol. The molecule has 2 fully saturated rings. The Hall–Kier alpha value is -1.88. The summed E-state index contributed by atoms with van der Waals surface area (Å²) in [7, 11) is 1.52. The second-order valence-corrected chi connectivity index (χ2v) is 7.59. The van der Waals surface area contributed by atoms with Gasteiger partial charge in [-0.15, -0.1) is 0 Å². The molecule has 1 saturated heterocycles. The van der Waals surface area contributed by atoms with Crippen LogP contribution in [0.5, 0.6) is 0 Å². The number of carboxylic acids is 1. The zero-order chi connectivity index (χ0) is 17.9. The third-order valence-electron chi connectivity index (χ3n) is 5.77. The van der Waals surface area contributed by atoms with Crippen molar-refractivity contribution >= 4 is 11.9 Å². The fourth-order valence-corrected chi connectivity index (χ4v) is 4.25. The number of rotatable bonds is 6. The first-order valence-corrected chi connectivity index (χ1v) is 9.09. The van der Waals surface area contributed by atoms with Crippen LogP contribution < -0.4 is 0 Å². The number of amides is 1. The van der Waals surface area contributed by atoms with Crippen molar-refractivity contribution in [2.24, 2.45) is 11.3 Å². The van der Waals surface area contributed by atoms with E-state index < -0.39 is 11.4 Å². The van der Waals surface area contributed by atoms with E-state index in [9.17, 15) is 14.7 Å². The molecule has 1 unspecified atom stereocenters. The highest BCUT2D eigenvalue weighted by molar-refractivity contribution is 5.80. The number of carbonyl (C=O) groups excluding carboxylic acids is 1. The van der Waals surface area contributed by atoms with Crippen molar-refractivity contribution < 1.29 is 19.4 Å². The van der Waals surface area contributed by atoms with Gasteiger partial charge in [0.1, 0.15) is 5.41 Å². The van der Waals surface area contributed by atoms with E-state index in [4.69, 9.17) is 4.74 Å². The molecule has 25 heavy (non-hydrogen) atoms. The lowest BCUT2D eigenvalue weighted by Gasteiger charge is -2.41.